The summed E-state index contributed by atoms with van der Waals surface area (Å²) in [4.78, 5) is 6.16. The van der Waals surface area contributed by atoms with Crippen LogP contribution in [0.3, 0.4) is 0 Å². The number of pyridine rings is 1. The topological polar surface area (TPSA) is 36.4 Å². The molecule has 3 nitrogen and oxygen atoms in total. The summed E-state index contributed by atoms with van der Waals surface area (Å²) >= 11 is 5.92. The lowest BCUT2D eigenvalue weighted by Crippen LogP contribution is -2.17. The van der Waals surface area contributed by atoms with Crippen LogP contribution in [-0.2, 0) is 6.61 Å². The summed E-state index contributed by atoms with van der Waals surface area (Å²) in [5.74, 6) is 0.391. The first-order valence-corrected chi connectivity index (χ1v) is 6.32. The number of halogens is 2. The molecule has 0 aliphatic heterocycles. The minimum absolute atomic E-state index is 0.144. The van der Waals surface area contributed by atoms with Crippen LogP contribution in [0.25, 0.3) is 0 Å². The minimum Gasteiger partial charge on any atom is -0.392 e. The zero-order valence-electron chi connectivity index (χ0n) is 10.5. The molecule has 0 saturated carbocycles. The Morgan fingerprint density at radius 3 is 2.58 bits per heavy atom. The first-order chi connectivity index (χ1) is 9.15. The highest BCUT2D eigenvalue weighted by Crippen LogP contribution is 2.26. The Morgan fingerprint density at radius 1 is 1.32 bits per heavy atom. The number of aliphatic hydroxyl groups excluding tert-OH is 1. The van der Waals surface area contributed by atoms with Crippen LogP contribution in [-0.4, -0.2) is 16.6 Å². The Hall–Kier alpha value is -1.65. The van der Waals surface area contributed by atoms with Gasteiger partial charge < -0.3 is 10.0 Å². The van der Waals surface area contributed by atoms with Crippen LogP contribution in [0.2, 0.25) is 5.02 Å². The van der Waals surface area contributed by atoms with E-state index in [0.717, 1.165) is 5.69 Å². The van der Waals surface area contributed by atoms with Gasteiger partial charge in [-0.2, -0.15) is 0 Å². The first-order valence-electron chi connectivity index (χ1n) is 5.94. The Balaban J connectivity index is 2.39. The van der Waals surface area contributed by atoms with E-state index in [2.05, 4.69) is 4.98 Å². The second-order valence-corrected chi connectivity index (χ2v) is 4.42. The molecule has 0 fully saturated rings. The van der Waals surface area contributed by atoms with E-state index >= 15 is 0 Å². The van der Waals surface area contributed by atoms with E-state index in [1.54, 1.807) is 18.2 Å². The Morgan fingerprint density at radius 2 is 2.00 bits per heavy atom. The molecule has 1 aromatic heterocycles. The highest BCUT2D eigenvalue weighted by molar-refractivity contribution is 6.31. The van der Waals surface area contributed by atoms with E-state index in [1.165, 1.54) is 18.3 Å². The maximum atomic E-state index is 12.9. The summed E-state index contributed by atoms with van der Waals surface area (Å²) < 4.78 is 12.9. The summed E-state index contributed by atoms with van der Waals surface area (Å²) in [7, 11) is 0. The van der Waals surface area contributed by atoms with Crippen LogP contribution < -0.4 is 4.90 Å². The molecule has 5 heteroatoms. The van der Waals surface area contributed by atoms with E-state index in [9.17, 15) is 9.50 Å². The van der Waals surface area contributed by atoms with Gasteiger partial charge in [0.2, 0.25) is 0 Å². The van der Waals surface area contributed by atoms with Crippen LogP contribution in [0, 0.1) is 5.82 Å². The third kappa shape index (κ3) is 3.03. The van der Waals surface area contributed by atoms with Crippen LogP contribution in [0.4, 0.5) is 15.9 Å². The summed E-state index contributed by atoms with van der Waals surface area (Å²) in [5.41, 5.74) is 1.45. The predicted octanol–water partition coefficient (Wildman–Crippen LogP) is 3.52. The zero-order chi connectivity index (χ0) is 13.8. The lowest BCUT2D eigenvalue weighted by molar-refractivity contribution is 0.282. The Labute approximate surface area is 116 Å². The molecule has 0 aliphatic rings. The van der Waals surface area contributed by atoms with Gasteiger partial charge in [0.05, 0.1) is 11.6 Å². The second kappa shape index (κ2) is 5.99. The van der Waals surface area contributed by atoms with Crippen LogP contribution in [0.1, 0.15) is 12.5 Å². The Bertz CT molecular complexity index is 560. The quantitative estimate of drug-likeness (QED) is 0.931. The number of aromatic nitrogens is 1. The molecule has 0 amide bonds. The number of nitrogens with zero attached hydrogens (tertiary/aromatic N) is 2. The molecule has 1 aromatic carbocycles. The van der Waals surface area contributed by atoms with Gasteiger partial charge in [-0.3, -0.25) is 0 Å². The van der Waals surface area contributed by atoms with Crippen LogP contribution in [0.15, 0.2) is 36.5 Å². The van der Waals surface area contributed by atoms with Crippen molar-refractivity contribution >= 4 is 23.1 Å². The van der Waals surface area contributed by atoms with Gasteiger partial charge >= 0.3 is 0 Å². The molecule has 1 heterocycles. The number of aliphatic hydroxyl groups is 1. The molecule has 0 atom stereocenters. The second-order valence-electron chi connectivity index (χ2n) is 4.01. The molecule has 0 spiro atoms. The van der Waals surface area contributed by atoms with Gasteiger partial charge in [-0.15, -0.1) is 0 Å². The largest absolute Gasteiger partial charge is 0.392 e. The number of anilines is 2. The summed E-state index contributed by atoms with van der Waals surface area (Å²) in [6, 6.07) is 7.92. The minimum atomic E-state index is -0.278. The van der Waals surface area contributed by atoms with Crippen molar-refractivity contribution in [1.82, 2.24) is 4.98 Å². The zero-order valence-corrected chi connectivity index (χ0v) is 11.2. The standard InChI is InChI=1S/C14H14ClFN2O/c1-2-18(12-5-3-11(16)4-6-12)14-7-10(9-19)13(15)8-17-14/h3-8,19H,2,9H2,1H3. The van der Waals surface area contributed by atoms with Gasteiger partial charge in [0.1, 0.15) is 11.6 Å². The van der Waals surface area contributed by atoms with Crippen molar-refractivity contribution in [2.24, 2.45) is 0 Å². The lowest BCUT2D eigenvalue weighted by atomic mass is 10.2. The van der Waals surface area contributed by atoms with Gasteiger partial charge in [-0.1, -0.05) is 11.6 Å². The highest BCUT2D eigenvalue weighted by Gasteiger charge is 2.11. The fourth-order valence-corrected chi connectivity index (χ4v) is 2.00. The normalized spacial score (nSPS) is 10.5. The van der Waals surface area contributed by atoms with Crippen molar-refractivity contribution in [1.29, 1.82) is 0 Å². The predicted molar refractivity (Wildman–Crippen MR) is 74.2 cm³/mol. The fraction of sp³-hybridized carbons (Fsp3) is 0.214. The maximum absolute atomic E-state index is 12.9. The molecule has 19 heavy (non-hydrogen) atoms. The molecular formula is C14H14ClFN2O. The van der Waals surface area contributed by atoms with Crippen molar-refractivity contribution in [2.45, 2.75) is 13.5 Å². The number of hydrogen-bond acceptors (Lipinski definition) is 3. The third-order valence-electron chi connectivity index (χ3n) is 2.82. The molecule has 0 bridgehead atoms. The molecule has 0 aliphatic carbocycles. The Kier molecular flexibility index (Phi) is 4.35. The first kappa shape index (κ1) is 13.8. The van der Waals surface area contributed by atoms with E-state index < -0.39 is 0 Å². The van der Waals surface area contributed by atoms with Crippen LogP contribution >= 0.6 is 11.6 Å². The van der Waals surface area contributed by atoms with E-state index in [1.807, 2.05) is 11.8 Å². The van der Waals surface area contributed by atoms with Gasteiger partial charge in [-0.05, 0) is 37.3 Å². The van der Waals surface area contributed by atoms with Crippen molar-refractivity contribution in [2.75, 3.05) is 11.4 Å². The average Bonchev–Trinajstić information content (AvgIpc) is 2.43. The van der Waals surface area contributed by atoms with E-state index in [0.29, 0.717) is 22.9 Å². The molecule has 0 saturated heterocycles. The van der Waals surface area contributed by atoms with Gasteiger partial charge in [-0.25, -0.2) is 9.37 Å². The number of hydrogen-bond donors (Lipinski definition) is 1. The monoisotopic (exact) mass is 280 g/mol. The lowest BCUT2D eigenvalue weighted by Gasteiger charge is -2.22. The average molecular weight is 281 g/mol. The summed E-state index contributed by atoms with van der Waals surface area (Å²) in [6.07, 6.45) is 1.51. The highest BCUT2D eigenvalue weighted by atomic mass is 35.5. The van der Waals surface area contributed by atoms with Gasteiger partial charge in [0.15, 0.2) is 0 Å². The van der Waals surface area contributed by atoms with Crippen molar-refractivity contribution in [3.8, 4) is 0 Å². The molecule has 2 aromatic rings. The van der Waals surface area contributed by atoms with Crippen LogP contribution in [0.5, 0.6) is 0 Å². The summed E-state index contributed by atoms with van der Waals surface area (Å²) in [6.45, 7) is 2.50. The maximum Gasteiger partial charge on any atom is 0.133 e. The molecular weight excluding hydrogens is 267 g/mol. The SMILES string of the molecule is CCN(c1ccc(F)cc1)c1cc(CO)c(Cl)cn1. The van der Waals surface area contributed by atoms with E-state index in [4.69, 9.17) is 11.6 Å². The molecule has 2 rings (SSSR count). The number of rotatable bonds is 4. The van der Waals surface area contributed by atoms with Crippen molar-refractivity contribution < 1.29 is 9.50 Å². The molecule has 0 radical (unpaired) electrons. The molecule has 100 valence electrons. The van der Waals surface area contributed by atoms with E-state index in [-0.39, 0.29) is 12.4 Å². The fourth-order valence-electron chi connectivity index (χ4n) is 1.83. The van der Waals surface area contributed by atoms with Crippen molar-refractivity contribution in [3.05, 3.63) is 52.9 Å². The summed E-state index contributed by atoms with van der Waals surface area (Å²) in [5, 5.41) is 9.66. The van der Waals surface area contributed by atoms with Gasteiger partial charge in [0.25, 0.3) is 0 Å². The molecule has 0 unspecified atom stereocenters. The third-order valence-corrected chi connectivity index (χ3v) is 3.16. The number of benzene rings is 1. The van der Waals surface area contributed by atoms with Gasteiger partial charge in [0, 0.05) is 24.0 Å². The molecule has 1 N–H and O–H groups in total. The van der Waals surface area contributed by atoms with Crippen molar-refractivity contribution in [3.63, 3.8) is 0 Å². The smallest absolute Gasteiger partial charge is 0.133 e.